The van der Waals surface area contributed by atoms with Gasteiger partial charge in [-0.2, -0.15) is 11.8 Å². The quantitative estimate of drug-likeness (QED) is 0.393. The molecule has 204 valence electrons. The molecule has 3 fully saturated rings. The molecule has 2 saturated carbocycles. The van der Waals surface area contributed by atoms with Crippen LogP contribution in [-0.2, 0) is 9.53 Å². The van der Waals surface area contributed by atoms with Gasteiger partial charge in [0.1, 0.15) is 18.0 Å². The predicted octanol–water partition coefficient (Wildman–Crippen LogP) is 7.11. The number of thioether (sulfide) groups is 1. The van der Waals surface area contributed by atoms with Gasteiger partial charge in [-0.05, 0) is 68.3 Å². The van der Waals surface area contributed by atoms with Crippen LogP contribution in [0.3, 0.4) is 0 Å². The fraction of sp³-hybridized carbons (Fsp3) is 0.724. The second kappa shape index (κ2) is 12.5. The molecule has 1 aromatic carbocycles. The molecule has 5 rings (SSSR count). The summed E-state index contributed by atoms with van der Waals surface area (Å²) in [6.07, 6.45) is 13.5. The topological polar surface area (TPSA) is 56.2 Å². The lowest BCUT2D eigenvalue weighted by molar-refractivity contribution is -0.126. The maximum atomic E-state index is 14.6. The van der Waals surface area contributed by atoms with Crippen LogP contribution in [0.1, 0.15) is 101 Å². The minimum Gasteiger partial charge on any atom is -0.373 e. The van der Waals surface area contributed by atoms with Gasteiger partial charge >= 0.3 is 0 Å². The van der Waals surface area contributed by atoms with Crippen molar-refractivity contribution >= 4 is 28.7 Å². The molecule has 2 heterocycles. The minimum absolute atomic E-state index is 0.0195. The largest absolute Gasteiger partial charge is 0.373 e. The predicted molar refractivity (Wildman–Crippen MR) is 145 cm³/mol. The molecular weight excluding hydrogens is 492 g/mol. The SMILES string of the molecule is COC(c1nc2cc(F)c(F)cc2n1C(CC1CCSCC1)C(=O)NC1CCCCC1)C1CCCCC1. The summed E-state index contributed by atoms with van der Waals surface area (Å²) in [7, 11) is 1.69. The third-order valence-electron chi connectivity index (χ3n) is 8.81. The molecule has 5 nitrogen and oxygen atoms in total. The molecule has 37 heavy (non-hydrogen) atoms. The summed E-state index contributed by atoms with van der Waals surface area (Å²) in [4.78, 5) is 18.9. The Hall–Kier alpha value is -1.67. The molecule has 1 amide bonds. The van der Waals surface area contributed by atoms with Gasteiger partial charge in [-0.15, -0.1) is 0 Å². The summed E-state index contributed by atoms with van der Waals surface area (Å²) >= 11 is 1.97. The van der Waals surface area contributed by atoms with Gasteiger partial charge in [0.15, 0.2) is 11.6 Å². The van der Waals surface area contributed by atoms with E-state index in [1.165, 1.54) is 25.0 Å². The van der Waals surface area contributed by atoms with E-state index in [9.17, 15) is 13.6 Å². The summed E-state index contributed by atoms with van der Waals surface area (Å²) in [5.41, 5.74) is 0.877. The van der Waals surface area contributed by atoms with Crippen molar-refractivity contribution in [3.05, 3.63) is 29.6 Å². The van der Waals surface area contributed by atoms with E-state index in [1.807, 2.05) is 16.3 Å². The first-order valence-corrected chi connectivity index (χ1v) is 15.5. The fourth-order valence-corrected chi connectivity index (χ4v) is 7.96. The summed E-state index contributed by atoms with van der Waals surface area (Å²) in [6, 6.07) is 2.05. The molecule has 8 heteroatoms. The van der Waals surface area contributed by atoms with Gasteiger partial charge in [0.05, 0.1) is 11.0 Å². The van der Waals surface area contributed by atoms with Crippen LogP contribution in [0.5, 0.6) is 0 Å². The summed E-state index contributed by atoms with van der Waals surface area (Å²) in [5, 5.41) is 3.35. The van der Waals surface area contributed by atoms with Gasteiger partial charge in [0.25, 0.3) is 0 Å². The van der Waals surface area contributed by atoms with Crippen molar-refractivity contribution in [3.63, 3.8) is 0 Å². The first-order chi connectivity index (χ1) is 18.0. The first-order valence-electron chi connectivity index (χ1n) is 14.3. The zero-order valence-corrected chi connectivity index (χ0v) is 22.8. The lowest BCUT2D eigenvalue weighted by Crippen LogP contribution is -2.42. The van der Waals surface area contributed by atoms with E-state index in [0.29, 0.717) is 29.2 Å². The highest BCUT2D eigenvalue weighted by molar-refractivity contribution is 7.99. The molecule has 0 spiro atoms. The first kappa shape index (κ1) is 26.9. The number of nitrogens with zero attached hydrogens (tertiary/aromatic N) is 2. The van der Waals surface area contributed by atoms with Gasteiger partial charge in [0.2, 0.25) is 5.91 Å². The van der Waals surface area contributed by atoms with Gasteiger partial charge in [-0.3, -0.25) is 4.79 Å². The molecule has 2 aliphatic carbocycles. The van der Waals surface area contributed by atoms with Crippen molar-refractivity contribution in [1.29, 1.82) is 0 Å². The average Bonchev–Trinajstić information content (AvgIpc) is 3.27. The van der Waals surface area contributed by atoms with Crippen molar-refractivity contribution in [2.24, 2.45) is 11.8 Å². The number of carbonyl (C=O) groups is 1. The molecule has 2 atom stereocenters. The third kappa shape index (κ3) is 6.16. The number of carbonyl (C=O) groups excluding carboxylic acids is 1. The van der Waals surface area contributed by atoms with Crippen LogP contribution in [0.15, 0.2) is 12.1 Å². The Kier molecular flexibility index (Phi) is 9.06. The van der Waals surface area contributed by atoms with E-state index < -0.39 is 17.7 Å². The Morgan fingerprint density at radius 1 is 1.03 bits per heavy atom. The number of methoxy groups -OCH3 is 1. The number of ether oxygens (including phenoxy) is 1. The van der Waals surface area contributed by atoms with Crippen molar-refractivity contribution in [2.75, 3.05) is 18.6 Å². The summed E-state index contributed by atoms with van der Waals surface area (Å²) < 4.78 is 37.0. The molecule has 0 bridgehead atoms. The zero-order chi connectivity index (χ0) is 25.8. The number of benzene rings is 1. The zero-order valence-electron chi connectivity index (χ0n) is 22.0. The minimum atomic E-state index is -0.914. The van der Waals surface area contributed by atoms with Gasteiger partial charge in [-0.1, -0.05) is 38.5 Å². The van der Waals surface area contributed by atoms with E-state index in [2.05, 4.69) is 5.32 Å². The third-order valence-corrected chi connectivity index (χ3v) is 9.86. The molecule has 2 aromatic rings. The van der Waals surface area contributed by atoms with Crippen LogP contribution in [0.2, 0.25) is 0 Å². The monoisotopic (exact) mass is 533 g/mol. The molecule has 2 unspecified atom stereocenters. The lowest BCUT2D eigenvalue weighted by Gasteiger charge is -2.33. The van der Waals surface area contributed by atoms with E-state index in [4.69, 9.17) is 9.72 Å². The highest BCUT2D eigenvalue weighted by Crippen LogP contribution is 2.40. The van der Waals surface area contributed by atoms with Crippen LogP contribution in [-0.4, -0.2) is 40.1 Å². The summed E-state index contributed by atoms with van der Waals surface area (Å²) in [6.45, 7) is 0. The second-order valence-corrected chi connectivity index (χ2v) is 12.5. The lowest BCUT2D eigenvalue weighted by atomic mass is 9.84. The van der Waals surface area contributed by atoms with Crippen molar-refractivity contribution in [1.82, 2.24) is 14.9 Å². The molecular formula is C29H41F2N3O2S. The number of rotatable bonds is 8. The van der Waals surface area contributed by atoms with Crippen LogP contribution in [0.4, 0.5) is 8.78 Å². The number of halogens is 2. The molecule has 1 aliphatic heterocycles. The number of amides is 1. The van der Waals surface area contributed by atoms with Crippen LogP contribution >= 0.6 is 11.8 Å². The van der Waals surface area contributed by atoms with Crippen LogP contribution in [0.25, 0.3) is 11.0 Å². The number of hydrogen-bond donors (Lipinski definition) is 1. The highest BCUT2D eigenvalue weighted by Gasteiger charge is 2.36. The number of fused-ring (bicyclic) bond motifs is 1. The standard InChI is InChI=1S/C29H41F2N3O2S/c1-36-27(20-8-4-2-5-9-20)28-33-24-17-22(30)23(31)18-25(24)34(28)26(16-19-12-14-37-15-13-19)29(35)32-21-10-6-3-7-11-21/h17-21,26-27H,2-16H2,1H3,(H,32,35). The molecule has 1 N–H and O–H groups in total. The Morgan fingerprint density at radius 2 is 1.68 bits per heavy atom. The fourth-order valence-electron chi connectivity index (χ4n) is 6.75. The number of hydrogen-bond acceptors (Lipinski definition) is 4. The van der Waals surface area contributed by atoms with E-state index in [0.717, 1.165) is 75.7 Å². The van der Waals surface area contributed by atoms with Gasteiger partial charge < -0.3 is 14.6 Å². The number of aromatic nitrogens is 2. The van der Waals surface area contributed by atoms with Gasteiger partial charge in [0, 0.05) is 25.3 Å². The average molecular weight is 534 g/mol. The maximum absolute atomic E-state index is 14.6. The highest BCUT2D eigenvalue weighted by atomic mass is 32.2. The Bertz CT molecular complexity index is 1060. The van der Waals surface area contributed by atoms with Crippen molar-refractivity contribution in [2.45, 2.75) is 102 Å². The van der Waals surface area contributed by atoms with E-state index in [1.54, 1.807) is 7.11 Å². The van der Waals surface area contributed by atoms with Crippen molar-refractivity contribution in [3.8, 4) is 0 Å². The van der Waals surface area contributed by atoms with E-state index >= 15 is 0 Å². The van der Waals surface area contributed by atoms with E-state index in [-0.39, 0.29) is 24.0 Å². The second-order valence-electron chi connectivity index (χ2n) is 11.3. The molecule has 1 saturated heterocycles. The number of nitrogens with one attached hydrogen (secondary N) is 1. The summed E-state index contributed by atoms with van der Waals surface area (Å²) in [5.74, 6) is 1.68. The van der Waals surface area contributed by atoms with Crippen molar-refractivity contribution < 1.29 is 18.3 Å². The smallest absolute Gasteiger partial charge is 0.243 e. The Labute approximate surface area is 223 Å². The Balaban J connectivity index is 1.58. The van der Waals surface area contributed by atoms with Crippen LogP contribution in [0, 0.1) is 23.5 Å². The van der Waals surface area contributed by atoms with Crippen LogP contribution < -0.4 is 5.32 Å². The normalized spacial score (nSPS) is 22.2. The number of imidazole rings is 1. The maximum Gasteiger partial charge on any atom is 0.243 e. The molecule has 1 aromatic heterocycles. The molecule has 3 aliphatic rings. The molecule has 0 radical (unpaired) electrons. The Morgan fingerprint density at radius 3 is 2.35 bits per heavy atom. The van der Waals surface area contributed by atoms with Gasteiger partial charge in [-0.25, -0.2) is 13.8 Å².